The standard InChI is InChI=1S/C28H31FN6O2S.C4H8O2/c1-28(2,3)37-27(36)32-19-6-9-21(10-7-19)38-26-12-5-18-17-30-25(16-24(18)34-26)33-23-11-8-20(15-22(23)29)35-14-4-13-31-35;1-2-6-4-3-5-1/h4-5,8,11-17,19,21H,6-7,9-10H2,1-3H3,(H,30,33)(H,32,36);1-4H2. The molecule has 0 bridgehead atoms. The highest BCUT2D eigenvalue weighted by molar-refractivity contribution is 7.99. The Bertz CT molecular complexity index is 1510. The van der Waals surface area contributed by atoms with Crippen LogP contribution in [0.4, 0.5) is 20.7 Å². The molecule has 2 fully saturated rings. The molecule has 1 amide bonds. The van der Waals surface area contributed by atoms with Gasteiger partial charge in [-0.15, -0.1) is 11.8 Å². The van der Waals surface area contributed by atoms with E-state index in [0.717, 1.165) is 68.0 Å². The van der Waals surface area contributed by atoms with Gasteiger partial charge in [0, 0.05) is 47.4 Å². The van der Waals surface area contributed by atoms with Gasteiger partial charge in [0.2, 0.25) is 0 Å². The number of amides is 1. The summed E-state index contributed by atoms with van der Waals surface area (Å²) in [6, 6.07) is 12.7. The molecule has 12 heteroatoms. The molecule has 2 N–H and O–H groups in total. The minimum atomic E-state index is -0.497. The topological polar surface area (TPSA) is 112 Å². The first-order chi connectivity index (χ1) is 21.2. The number of halogens is 1. The molecule has 44 heavy (non-hydrogen) atoms. The predicted octanol–water partition coefficient (Wildman–Crippen LogP) is 6.66. The van der Waals surface area contributed by atoms with E-state index in [-0.39, 0.29) is 12.1 Å². The highest BCUT2D eigenvalue weighted by Crippen LogP contribution is 2.34. The predicted molar refractivity (Wildman–Crippen MR) is 169 cm³/mol. The lowest BCUT2D eigenvalue weighted by molar-refractivity contribution is -0.0334. The van der Waals surface area contributed by atoms with Crippen molar-refractivity contribution in [2.75, 3.05) is 31.7 Å². The number of fused-ring (bicyclic) bond motifs is 1. The summed E-state index contributed by atoms with van der Waals surface area (Å²) in [7, 11) is 0. The van der Waals surface area contributed by atoms with Gasteiger partial charge in [-0.3, -0.25) is 0 Å². The van der Waals surface area contributed by atoms with Crippen LogP contribution >= 0.6 is 11.8 Å². The molecule has 234 valence electrons. The number of pyridine rings is 2. The van der Waals surface area contributed by atoms with E-state index < -0.39 is 11.4 Å². The zero-order chi connectivity index (χ0) is 30.9. The molecule has 0 unspecified atom stereocenters. The Morgan fingerprint density at radius 2 is 1.80 bits per heavy atom. The van der Waals surface area contributed by atoms with Crippen LogP contribution in [0.1, 0.15) is 46.5 Å². The molecule has 3 aromatic heterocycles. The van der Waals surface area contributed by atoms with Gasteiger partial charge in [0.1, 0.15) is 17.2 Å². The van der Waals surface area contributed by atoms with Gasteiger partial charge in [-0.2, -0.15) is 5.10 Å². The number of rotatable bonds is 6. The second-order valence-electron chi connectivity index (χ2n) is 11.6. The summed E-state index contributed by atoms with van der Waals surface area (Å²) in [6.07, 6.45) is 8.60. The third-order valence-corrected chi connectivity index (χ3v) is 8.23. The van der Waals surface area contributed by atoms with Crippen molar-refractivity contribution in [3.63, 3.8) is 0 Å². The lowest BCUT2D eigenvalue weighted by atomic mass is 9.95. The Morgan fingerprint density at radius 3 is 2.43 bits per heavy atom. The number of hydrogen-bond acceptors (Lipinski definition) is 9. The minimum absolute atomic E-state index is 0.139. The smallest absolute Gasteiger partial charge is 0.407 e. The van der Waals surface area contributed by atoms with Gasteiger partial charge in [0.25, 0.3) is 0 Å². The minimum Gasteiger partial charge on any atom is -0.444 e. The third-order valence-electron chi connectivity index (χ3n) is 6.96. The molecule has 6 rings (SSSR count). The maximum Gasteiger partial charge on any atom is 0.407 e. The number of carbonyl (C=O) groups is 1. The summed E-state index contributed by atoms with van der Waals surface area (Å²) >= 11 is 1.76. The SMILES string of the molecule is C1COCCO1.CC(C)(C)OC(=O)NC1CCC(Sc2ccc3cnc(Nc4ccc(-n5cccn5)cc4F)cc3n2)CC1. The van der Waals surface area contributed by atoms with Crippen LogP contribution in [0.3, 0.4) is 0 Å². The van der Waals surface area contributed by atoms with E-state index >= 15 is 0 Å². The van der Waals surface area contributed by atoms with Gasteiger partial charge < -0.3 is 24.8 Å². The first kappa shape index (κ1) is 31.7. The fraction of sp³-hybridized carbons (Fsp3) is 0.438. The number of nitrogens with zero attached hydrogens (tertiary/aromatic N) is 4. The van der Waals surface area contributed by atoms with Crippen LogP contribution in [0.25, 0.3) is 16.6 Å². The zero-order valence-electron chi connectivity index (χ0n) is 25.3. The summed E-state index contributed by atoms with van der Waals surface area (Å²) < 4.78 is 31.6. The van der Waals surface area contributed by atoms with Gasteiger partial charge in [-0.1, -0.05) is 0 Å². The number of anilines is 2. The fourth-order valence-electron chi connectivity index (χ4n) is 4.85. The maximum atomic E-state index is 14.8. The molecule has 1 aromatic carbocycles. The highest BCUT2D eigenvalue weighted by Gasteiger charge is 2.25. The van der Waals surface area contributed by atoms with E-state index in [1.54, 1.807) is 53.2 Å². The molecule has 0 radical (unpaired) electrons. The molecule has 10 nitrogen and oxygen atoms in total. The van der Waals surface area contributed by atoms with Gasteiger partial charge in [-0.25, -0.2) is 23.8 Å². The fourth-order valence-corrected chi connectivity index (χ4v) is 6.00. The van der Waals surface area contributed by atoms with Crippen molar-refractivity contribution in [1.82, 2.24) is 25.1 Å². The number of alkyl carbamates (subject to hydrolysis) is 1. The second-order valence-corrected chi connectivity index (χ2v) is 12.9. The van der Waals surface area contributed by atoms with Gasteiger partial charge in [-0.05, 0) is 76.8 Å². The molecule has 0 spiro atoms. The average molecular weight is 623 g/mol. The second kappa shape index (κ2) is 14.8. The average Bonchev–Trinajstić information content (AvgIpc) is 3.55. The van der Waals surface area contributed by atoms with Crippen molar-refractivity contribution < 1.29 is 23.4 Å². The van der Waals surface area contributed by atoms with E-state index in [1.165, 1.54) is 6.07 Å². The molecule has 2 aliphatic rings. The maximum absolute atomic E-state index is 14.8. The van der Waals surface area contributed by atoms with Crippen LogP contribution in [-0.4, -0.2) is 69.2 Å². The summed E-state index contributed by atoms with van der Waals surface area (Å²) in [5.74, 6) is 0.125. The molecule has 1 aliphatic heterocycles. The van der Waals surface area contributed by atoms with Gasteiger partial charge in [0.15, 0.2) is 0 Å². The number of carbonyl (C=O) groups excluding carboxylic acids is 1. The van der Waals surface area contributed by atoms with E-state index in [9.17, 15) is 9.18 Å². The highest BCUT2D eigenvalue weighted by atomic mass is 32.2. The van der Waals surface area contributed by atoms with E-state index in [4.69, 9.17) is 19.2 Å². The molecular formula is C32H39FN6O4S. The lowest BCUT2D eigenvalue weighted by Crippen LogP contribution is -2.41. The van der Waals surface area contributed by atoms with Crippen molar-refractivity contribution in [2.24, 2.45) is 0 Å². The molecule has 0 atom stereocenters. The van der Waals surface area contributed by atoms with Crippen molar-refractivity contribution in [2.45, 2.75) is 68.4 Å². The summed E-state index contributed by atoms with van der Waals surface area (Å²) in [4.78, 5) is 21.3. The Morgan fingerprint density at radius 1 is 1.05 bits per heavy atom. The quantitative estimate of drug-likeness (QED) is 0.244. The van der Waals surface area contributed by atoms with Gasteiger partial charge >= 0.3 is 6.09 Å². The number of hydrogen-bond donors (Lipinski definition) is 2. The number of nitrogens with one attached hydrogen (secondary N) is 2. The number of ether oxygens (including phenoxy) is 3. The van der Waals surface area contributed by atoms with Crippen LogP contribution in [-0.2, 0) is 14.2 Å². The van der Waals surface area contributed by atoms with Crippen LogP contribution in [0.2, 0.25) is 0 Å². The summed E-state index contributed by atoms with van der Waals surface area (Å²) in [5, 5.41) is 12.5. The molecule has 4 aromatic rings. The summed E-state index contributed by atoms with van der Waals surface area (Å²) in [5.41, 5.74) is 1.27. The van der Waals surface area contributed by atoms with E-state index in [0.29, 0.717) is 22.4 Å². The largest absolute Gasteiger partial charge is 0.444 e. The monoisotopic (exact) mass is 622 g/mol. The molecule has 4 heterocycles. The first-order valence-electron chi connectivity index (χ1n) is 14.9. The van der Waals surface area contributed by atoms with E-state index in [2.05, 4.69) is 20.7 Å². The Hall–Kier alpha value is -3.74. The van der Waals surface area contributed by atoms with Gasteiger partial charge in [0.05, 0.1) is 48.3 Å². The molecule has 1 saturated carbocycles. The number of thioether (sulfide) groups is 1. The van der Waals surface area contributed by atoms with Crippen LogP contribution in [0, 0.1) is 5.82 Å². The van der Waals surface area contributed by atoms with Crippen molar-refractivity contribution >= 4 is 40.3 Å². The zero-order valence-corrected chi connectivity index (χ0v) is 26.1. The Kier molecular flexibility index (Phi) is 10.7. The van der Waals surface area contributed by atoms with Crippen LogP contribution in [0.5, 0.6) is 0 Å². The molecule has 1 saturated heterocycles. The Balaban J connectivity index is 0.000000573. The van der Waals surface area contributed by atoms with Crippen molar-refractivity contribution in [3.8, 4) is 5.69 Å². The van der Waals surface area contributed by atoms with Crippen molar-refractivity contribution in [1.29, 1.82) is 0 Å². The lowest BCUT2D eigenvalue weighted by Gasteiger charge is -2.29. The van der Waals surface area contributed by atoms with Crippen LogP contribution < -0.4 is 10.6 Å². The number of benzene rings is 1. The normalized spacial score (nSPS) is 18.6. The van der Waals surface area contributed by atoms with E-state index in [1.807, 2.05) is 39.0 Å². The van der Waals surface area contributed by atoms with Crippen LogP contribution in [0.15, 0.2) is 66.1 Å². The molecule has 1 aliphatic carbocycles. The number of aromatic nitrogens is 4. The first-order valence-corrected chi connectivity index (χ1v) is 15.7. The summed E-state index contributed by atoms with van der Waals surface area (Å²) in [6.45, 7) is 8.71. The Labute approximate surface area is 261 Å². The van der Waals surface area contributed by atoms with Crippen molar-refractivity contribution in [3.05, 3.63) is 66.9 Å². The molecular weight excluding hydrogens is 583 g/mol. The third kappa shape index (κ3) is 9.38.